The molecule has 4 N–H and O–H groups in total. The Bertz CT molecular complexity index is 192. The minimum atomic E-state index is -1.10. The molecular weight excluding hydrogens is 158 g/mol. The van der Waals surface area contributed by atoms with Crippen LogP contribution < -0.4 is 5.73 Å². The van der Waals surface area contributed by atoms with E-state index in [1.807, 2.05) is 0 Å². The van der Waals surface area contributed by atoms with Crippen LogP contribution in [0, 0.1) is 28.6 Å². The van der Waals surface area contributed by atoms with Crippen molar-refractivity contribution in [3.8, 4) is 12.1 Å². The zero-order valence-electron chi connectivity index (χ0n) is 6.51. The van der Waals surface area contributed by atoms with Gasteiger partial charge in [0.1, 0.15) is 5.92 Å². The molecule has 5 nitrogen and oxygen atoms in total. The standard InChI is InChI=1S/C7H11N3O2/c8-2-5(3-9)1-6(11)7(12)4-10/h5-7,11-12H,1,4,10H2. The predicted molar refractivity (Wildman–Crippen MR) is 40.4 cm³/mol. The van der Waals surface area contributed by atoms with Crippen LogP contribution in [0.5, 0.6) is 0 Å². The van der Waals surface area contributed by atoms with E-state index in [9.17, 15) is 0 Å². The summed E-state index contributed by atoms with van der Waals surface area (Å²) in [6.45, 7) is -0.0786. The summed E-state index contributed by atoms with van der Waals surface area (Å²) in [6, 6.07) is 3.38. The molecular formula is C7H11N3O2. The van der Waals surface area contributed by atoms with Gasteiger partial charge in [0.25, 0.3) is 0 Å². The highest BCUT2D eigenvalue weighted by Gasteiger charge is 2.19. The summed E-state index contributed by atoms with van der Waals surface area (Å²) in [7, 11) is 0. The van der Waals surface area contributed by atoms with Crippen LogP contribution in [0.4, 0.5) is 0 Å². The molecule has 0 bridgehead atoms. The molecule has 0 saturated heterocycles. The van der Waals surface area contributed by atoms with Crippen LogP contribution in [0.25, 0.3) is 0 Å². The quantitative estimate of drug-likeness (QED) is 0.485. The number of hydrogen-bond acceptors (Lipinski definition) is 5. The fraction of sp³-hybridized carbons (Fsp3) is 0.714. The molecule has 0 spiro atoms. The van der Waals surface area contributed by atoms with Crippen molar-refractivity contribution in [3.05, 3.63) is 0 Å². The van der Waals surface area contributed by atoms with E-state index in [0.717, 1.165) is 0 Å². The fourth-order valence-electron chi connectivity index (χ4n) is 0.690. The SMILES string of the molecule is N#CC(C#N)CC(O)C(O)CN. The van der Waals surface area contributed by atoms with Crippen molar-refractivity contribution in [1.29, 1.82) is 10.5 Å². The lowest BCUT2D eigenvalue weighted by Gasteiger charge is -2.15. The number of nitrogens with two attached hydrogens (primary N) is 1. The van der Waals surface area contributed by atoms with Gasteiger partial charge in [-0.05, 0) is 0 Å². The second-order valence-corrected chi connectivity index (χ2v) is 2.42. The Hall–Kier alpha value is -1.14. The Balaban J connectivity index is 3.93. The van der Waals surface area contributed by atoms with Crippen LogP contribution >= 0.6 is 0 Å². The number of rotatable bonds is 4. The van der Waals surface area contributed by atoms with Crippen LogP contribution in [0.1, 0.15) is 6.42 Å². The highest BCUT2D eigenvalue weighted by molar-refractivity contribution is 5.00. The first kappa shape index (κ1) is 10.9. The molecule has 0 rings (SSSR count). The van der Waals surface area contributed by atoms with Gasteiger partial charge in [0.05, 0.1) is 24.3 Å². The number of aliphatic hydroxyl groups is 2. The summed E-state index contributed by atoms with van der Waals surface area (Å²) in [5.41, 5.74) is 5.06. The van der Waals surface area contributed by atoms with Gasteiger partial charge in [-0.25, -0.2) is 0 Å². The van der Waals surface area contributed by atoms with Crippen LogP contribution in [0.3, 0.4) is 0 Å². The van der Waals surface area contributed by atoms with E-state index >= 15 is 0 Å². The van der Waals surface area contributed by atoms with Crippen molar-refractivity contribution in [2.24, 2.45) is 11.7 Å². The Labute approximate surface area is 70.6 Å². The van der Waals surface area contributed by atoms with Gasteiger partial charge in [0.2, 0.25) is 0 Å². The molecule has 0 aromatic rings. The van der Waals surface area contributed by atoms with Gasteiger partial charge in [-0.3, -0.25) is 0 Å². The number of hydrogen-bond donors (Lipinski definition) is 3. The zero-order chi connectivity index (χ0) is 9.56. The normalized spacial score (nSPS) is 14.8. The molecule has 0 fully saturated rings. The first-order valence-corrected chi connectivity index (χ1v) is 3.51. The summed E-state index contributed by atoms with van der Waals surface area (Å²) in [5.74, 6) is -0.888. The topological polar surface area (TPSA) is 114 Å². The lowest BCUT2D eigenvalue weighted by Crippen LogP contribution is -2.34. The molecule has 0 amide bonds. The second-order valence-electron chi connectivity index (χ2n) is 2.42. The van der Waals surface area contributed by atoms with E-state index in [0.29, 0.717) is 0 Å². The van der Waals surface area contributed by atoms with E-state index in [2.05, 4.69) is 0 Å². The lowest BCUT2D eigenvalue weighted by molar-refractivity contribution is 0.0174. The zero-order valence-corrected chi connectivity index (χ0v) is 6.51. The third-order valence-electron chi connectivity index (χ3n) is 1.47. The highest BCUT2D eigenvalue weighted by atomic mass is 16.3. The molecule has 2 atom stereocenters. The van der Waals surface area contributed by atoms with E-state index in [1.165, 1.54) is 0 Å². The van der Waals surface area contributed by atoms with Crippen LogP contribution in [-0.4, -0.2) is 29.0 Å². The molecule has 0 aliphatic rings. The average molecular weight is 169 g/mol. The molecule has 12 heavy (non-hydrogen) atoms. The van der Waals surface area contributed by atoms with Crippen molar-refractivity contribution >= 4 is 0 Å². The van der Waals surface area contributed by atoms with Gasteiger partial charge < -0.3 is 15.9 Å². The molecule has 0 aromatic carbocycles. The van der Waals surface area contributed by atoms with Crippen LogP contribution in [0.2, 0.25) is 0 Å². The van der Waals surface area contributed by atoms with E-state index in [4.69, 9.17) is 26.5 Å². The molecule has 0 radical (unpaired) electrons. The van der Waals surface area contributed by atoms with Crippen LogP contribution in [-0.2, 0) is 0 Å². The monoisotopic (exact) mass is 169 g/mol. The van der Waals surface area contributed by atoms with Gasteiger partial charge >= 0.3 is 0 Å². The Kier molecular flexibility index (Phi) is 4.98. The van der Waals surface area contributed by atoms with Crippen molar-refractivity contribution < 1.29 is 10.2 Å². The van der Waals surface area contributed by atoms with Gasteiger partial charge in [-0.1, -0.05) is 0 Å². The summed E-state index contributed by atoms with van der Waals surface area (Å²) in [4.78, 5) is 0. The largest absolute Gasteiger partial charge is 0.390 e. The highest BCUT2D eigenvalue weighted by Crippen LogP contribution is 2.07. The molecule has 66 valence electrons. The van der Waals surface area contributed by atoms with Crippen molar-refractivity contribution in [2.75, 3.05) is 6.54 Å². The minimum Gasteiger partial charge on any atom is -0.390 e. The van der Waals surface area contributed by atoms with Gasteiger partial charge in [-0.15, -0.1) is 0 Å². The molecule has 5 heteroatoms. The lowest BCUT2D eigenvalue weighted by atomic mass is 10.0. The molecule has 0 aliphatic heterocycles. The Morgan fingerprint density at radius 3 is 2.00 bits per heavy atom. The first-order chi connectivity index (χ1) is 5.65. The number of nitrogens with zero attached hydrogens (tertiary/aromatic N) is 2. The first-order valence-electron chi connectivity index (χ1n) is 3.51. The van der Waals surface area contributed by atoms with Gasteiger partial charge in [0.15, 0.2) is 0 Å². The third kappa shape index (κ3) is 3.31. The number of nitriles is 2. The summed E-state index contributed by atoms with van der Waals surface area (Å²) < 4.78 is 0. The van der Waals surface area contributed by atoms with Crippen molar-refractivity contribution in [3.63, 3.8) is 0 Å². The van der Waals surface area contributed by atoms with Gasteiger partial charge in [-0.2, -0.15) is 10.5 Å². The maximum Gasteiger partial charge on any atom is 0.135 e. The molecule has 0 heterocycles. The van der Waals surface area contributed by atoms with E-state index in [-0.39, 0.29) is 13.0 Å². The van der Waals surface area contributed by atoms with Crippen molar-refractivity contribution in [1.82, 2.24) is 0 Å². The van der Waals surface area contributed by atoms with E-state index < -0.39 is 18.1 Å². The minimum absolute atomic E-state index is 0.0641. The molecule has 0 aromatic heterocycles. The third-order valence-corrected chi connectivity index (χ3v) is 1.47. The smallest absolute Gasteiger partial charge is 0.135 e. The van der Waals surface area contributed by atoms with Crippen molar-refractivity contribution in [2.45, 2.75) is 18.6 Å². The molecule has 0 saturated carbocycles. The maximum absolute atomic E-state index is 9.12. The summed E-state index contributed by atoms with van der Waals surface area (Å²) in [5, 5.41) is 34.8. The van der Waals surface area contributed by atoms with Crippen LogP contribution in [0.15, 0.2) is 0 Å². The summed E-state index contributed by atoms with van der Waals surface area (Å²) in [6.07, 6.45) is -2.22. The fourth-order valence-corrected chi connectivity index (χ4v) is 0.690. The summed E-state index contributed by atoms with van der Waals surface area (Å²) >= 11 is 0. The molecule has 0 aliphatic carbocycles. The Morgan fingerprint density at radius 1 is 1.17 bits per heavy atom. The molecule has 2 unspecified atom stereocenters. The van der Waals surface area contributed by atoms with E-state index in [1.54, 1.807) is 12.1 Å². The number of aliphatic hydroxyl groups excluding tert-OH is 2. The maximum atomic E-state index is 9.12. The average Bonchev–Trinajstić information content (AvgIpc) is 2.12. The predicted octanol–water partition coefficient (Wildman–Crippen LogP) is -1.28. The van der Waals surface area contributed by atoms with Gasteiger partial charge in [0, 0.05) is 13.0 Å². The second kappa shape index (κ2) is 5.50. The Morgan fingerprint density at radius 2 is 1.67 bits per heavy atom.